The fraction of sp³-hybridized carbons (Fsp3) is 0.783. The van der Waals surface area contributed by atoms with Gasteiger partial charge in [0.25, 0.3) is 0 Å². The van der Waals surface area contributed by atoms with Crippen molar-refractivity contribution in [3.63, 3.8) is 0 Å². The lowest BCUT2D eigenvalue weighted by Crippen LogP contribution is -2.60. The molecule has 0 spiro atoms. The first kappa shape index (κ1) is 29.5. The van der Waals surface area contributed by atoms with Crippen molar-refractivity contribution in [3.8, 4) is 6.07 Å². The Hall–Kier alpha value is -3.02. The van der Waals surface area contributed by atoms with Gasteiger partial charge in [-0.3, -0.25) is 19.2 Å². The lowest BCUT2D eigenvalue weighted by Gasteiger charge is -2.33. The van der Waals surface area contributed by atoms with Crippen LogP contribution >= 0.6 is 0 Å². The number of alkyl halides is 5. The Bertz CT molecular complexity index is 958. The molecule has 2 aliphatic heterocycles. The van der Waals surface area contributed by atoms with Gasteiger partial charge in [0.15, 0.2) is 0 Å². The molecule has 3 fully saturated rings. The number of hydrogen-bond donors (Lipinski definition) is 3. The highest BCUT2D eigenvalue weighted by atomic mass is 19.4. The van der Waals surface area contributed by atoms with E-state index in [2.05, 4.69) is 15.4 Å². The van der Waals surface area contributed by atoms with E-state index in [0.717, 1.165) is 18.2 Å². The number of halogens is 5. The van der Waals surface area contributed by atoms with Crippen LogP contribution in [-0.2, 0) is 23.9 Å². The third-order valence-corrected chi connectivity index (χ3v) is 7.43. The third-order valence-electron chi connectivity index (χ3n) is 7.43. The predicted molar refractivity (Wildman–Crippen MR) is 119 cm³/mol. The lowest BCUT2D eigenvalue weighted by atomic mass is 9.90. The zero-order valence-electron chi connectivity index (χ0n) is 20.6. The summed E-state index contributed by atoms with van der Waals surface area (Å²) < 4.78 is 68.7. The summed E-state index contributed by atoms with van der Waals surface area (Å²) in [4.78, 5) is 51.5. The first-order valence-electron chi connectivity index (χ1n) is 12.4. The molecule has 7 atom stereocenters. The molecule has 4 amide bonds. The average Bonchev–Trinajstić information content (AvgIpc) is 3.43. The van der Waals surface area contributed by atoms with Crippen molar-refractivity contribution < 1.29 is 45.9 Å². The minimum Gasteiger partial charge on any atom is -0.356 e. The molecule has 0 aromatic heterocycles. The Balaban J connectivity index is 1.81. The molecule has 1 saturated carbocycles. The normalized spacial score (nSPS) is 27.6. The standard InChI is InChI=1S/C23H30F5N5O5/c1-11(38-22(24)25)16(32-21(37)23(26,27)28)20(36)33-10-13-4-2-6-15(13)17(33)19(35)31-14(9-29)8-12-5-3-7-30-18(12)34/h11-17,22H,2-8,10H2,1H3,(H,30,34)(H,31,35)(H,32,37)/t11-,12+,13+,14+,15+,16?,17?/m1/s1. The van der Waals surface area contributed by atoms with E-state index in [0.29, 0.717) is 32.2 Å². The Morgan fingerprint density at radius 2 is 1.89 bits per heavy atom. The van der Waals surface area contributed by atoms with Gasteiger partial charge in [0.05, 0.1) is 12.2 Å². The van der Waals surface area contributed by atoms with Crippen molar-refractivity contribution in [1.29, 1.82) is 5.26 Å². The van der Waals surface area contributed by atoms with Gasteiger partial charge in [-0.2, -0.15) is 27.2 Å². The molecule has 10 nitrogen and oxygen atoms in total. The predicted octanol–water partition coefficient (Wildman–Crippen LogP) is 1.21. The minimum absolute atomic E-state index is 0.0341. The molecular formula is C23H30F5N5O5. The molecule has 0 aromatic rings. The van der Waals surface area contributed by atoms with Crippen LogP contribution in [-0.4, -0.2) is 78.6 Å². The van der Waals surface area contributed by atoms with E-state index in [1.54, 1.807) is 0 Å². The zero-order valence-corrected chi connectivity index (χ0v) is 20.6. The van der Waals surface area contributed by atoms with Crippen LogP contribution in [0.15, 0.2) is 0 Å². The molecule has 0 radical (unpaired) electrons. The number of ether oxygens (including phenoxy) is 1. The fourth-order valence-electron chi connectivity index (χ4n) is 5.64. The monoisotopic (exact) mass is 551 g/mol. The van der Waals surface area contributed by atoms with Gasteiger partial charge in [-0.15, -0.1) is 0 Å². The molecule has 2 heterocycles. The van der Waals surface area contributed by atoms with Gasteiger partial charge in [-0.25, -0.2) is 0 Å². The van der Waals surface area contributed by atoms with Gasteiger partial charge >= 0.3 is 18.7 Å². The maximum absolute atomic E-state index is 13.4. The van der Waals surface area contributed by atoms with Gasteiger partial charge in [0.1, 0.15) is 18.1 Å². The highest BCUT2D eigenvalue weighted by Crippen LogP contribution is 2.42. The number of nitrogens with zero attached hydrogens (tertiary/aromatic N) is 2. The van der Waals surface area contributed by atoms with Crippen LogP contribution in [0.25, 0.3) is 0 Å². The number of likely N-dealkylation sites (tertiary alicyclic amines) is 1. The molecule has 212 valence electrons. The summed E-state index contributed by atoms with van der Waals surface area (Å²) in [6, 6.07) is -2.49. The number of nitriles is 1. The Kier molecular flexibility index (Phi) is 9.50. The van der Waals surface area contributed by atoms with Crippen LogP contribution in [0, 0.1) is 29.1 Å². The van der Waals surface area contributed by atoms with Gasteiger partial charge in [0, 0.05) is 19.0 Å². The summed E-state index contributed by atoms with van der Waals surface area (Å²) in [5, 5.41) is 16.3. The number of fused-ring (bicyclic) bond motifs is 1. The number of carbonyl (C=O) groups excluding carboxylic acids is 4. The van der Waals surface area contributed by atoms with Crippen molar-refractivity contribution >= 4 is 23.6 Å². The summed E-state index contributed by atoms with van der Waals surface area (Å²) in [7, 11) is 0. The number of hydrogen-bond acceptors (Lipinski definition) is 6. The lowest BCUT2D eigenvalue weighted by molar-refractivity contribution is -0.185. The van der Waals surface area contributed by atoms with Gasteiger partial charge in [0.2, 0.25) is 17.7 Å². The minimum atomic E-state index is -5.40. The van der Waals surface area contributed by atoms with Crippen molar-refractivity contribution in [1.82, 2.24) is 20.9 Å². The second-order valence-electron chi connectivity index (χ2n) is 9.90. The van der Waals surface area contributed by atoms with Gasteiger partial charge in [-0.1, -0.05) is 6.42 Å². The molecule has 2 saturated heterocycles. The SMILES string of the molecule is C[C@@H](OC(F)F)C(NC(=O)C(F)(F)F)C(=O)N1C[C@@H]2CCC[C@@H]2C1C(=O)N[C@H](C#N)C[C@@H]1CCCNC1=O. The molecule has 0 aromatic carbocycles. The summed E-state index contributed by atoms with van der Waals surface area (Å²) in [6.07, 6.45) is -4.08. The van der Waals surface area contributed by atoms with E-state index in [-0.39, 0.29) is 30.7 Å². The maximum Gasteiger partial charge on any atom is 0.471 e. The molecule has 15 heteroatoms. The van der Waals surface area contributed by atoms with Crippen molar-refractivity contribution in [2.24, 2.45) is 17.8 Å². The number of carbonyl (C=O) groups is 4. The molecule has 1 aliphatic carbocycles. The molecule has 3 aliphatic rings. The van der Waals surface area contributed by atoms with Gasteiger partial charge in [-0.05, 0) is 50.9 Å². The first-order chi connectivity index (χ1) is 17.8. The van der Waals surface area contributed by atoms with E-state index in [4.69, 9.17) is 0 Å². The van der Waals surface area contributed by atoms with E-state index in [1.165, 1.54) is 5.32 Å². The Morgan fingerprint density at radius 3 is 2.50 bits per heavy atom. The molecule has 38 heavy (non-hydrogen) atoms. The molecule has 3 N–H and O–H groups in total. The van der Waals surface area contributed by atoms with E-state index >= 15 is 0 Å². The highest BCUT2D eigenvalue weighted by Gasteiger charge is 2.52. The maximum atomic E-state index is 13.4. The topological polar surface area (TPSA) is 141 Å². The quantitative estimate of drug-likeness (QED) is 0.368. The van der Waals surface area contributed by atoms with Crippen LogP contribution in [0.3, 0.4) is 0 Å². The van der Waals surface area contributed by atoms with Crippen LogP contribution in [0.4, 0.5) is 22.0 Å². The largest absolute Gasteiger partial charge is 0.471 e. The van der Waals surface area contributed by atoms with Crippen LogP contribution in [0.2, 0.25) is 0 Å². The van der Waals surface area contributed by atoms with Crippen molar-refractivity contribution in [2.45, 2.75) is 82.5 Å². The molecule has 2 unspecified atom stereocenters. The molecule has 3 rings (SSSR count). The second kappa shape index (κ2) is 12.2. The smallest absolute Gasteiger partial charge is 0.356 e. The molecule has 0 bridgehead atoms. The third kappa shape index (κ3) is 6.89. The number of nitrogens with one attached hydrogen (secondary N) is 3. The van der Waals surface area contributed by atoms with E-state index in [1.807, 2.05) is 6.07 Å². The second-order valence-corrected chi connectivity index (χ2v) is 9.90. The van der Waals surface area contributed by atoms with E-state index in [9.17, 15) is 46.4 Å². The number of piperidine rings is 1. The van der Waals surface area contributed by atoms with Crippen LogP contribution in [0.1, 0.15) is 45.4 Å². The van der Waals surface area contributed by atoms with Crippen LogP contribution < -0.4 is 16.0 Å². The Labute approximate surface area is 215 Å². The van der Waals surface area contributed by atoms with Gasteiger partial charge < -0.3 is 25.6 Å². The van der Waals surface area contributed by atoms with Crippen LogP contribution in [0.5, 0.6) is 0 Å². The summed E-state index contributed by atoms with van der Waals surface area (Å²) >= 11 is 0. The number of amides is 4. The number of rotatable bonds is 9. The average molecular weight is 552 g/mol. The first-order valence-corrected chi connectivity index (χ1v) is 12.4. The van der Waals surface area contributed by atoms with E-state index < -0.39 is 60.7 Å². The Morgan fingerprint density at radius 1 is 1.18 bits per heavy atom. The van der Waals surface area contributed by atoms with Crippen molar-refractivity contribution in [2.75, 3.05) is 13.1 Å². The van der Waals surface area contributed by atoms with Crippen molar-refractivity contribution in [3.05, 3.63) is 0 Å². The molecular weight excluding hydrogens is 521 g/mol. The zero-order chi connectivity index (χ0) is 28.2. The fourth-order valence-corrected chi connectivity index (χ4v) is 5.64. The summed E-state index contributed by atoms with van der Waals surface area (Å²) in [5.74, 6) is -5.72. The highest BCUT2D eigenvalue weighted by molar-refractivity contribution is 5.94. The summed E-state index contributed by atoms with van der Waals surface area (Å²) in [6.45, 7) is -2.04. The summed E-state index contributed by atoms with van der Waals surface area (Å²) in [5.41, 5.74) is 0.